The number of aromatic nitrogens is 1. The molecule has 10 heteroatoms. The summed E-state index contributed by atoms with van der Waals surface area (Å²) in [7, 11) is 3.04. The van der Waals surface area contributed by atoms with Crippen molar-refractivity contribution in [3.05, 3.63) is 58.5 Å². The molecule has 1 aliphatic heterocycles. The molecule has 186 valence electrons. The van der Waals surface area contributed by atoms with Gasteiger partial charge in [0, 0.05) is 17.0 Å². The van der Waals surface area contributed by atoms with Crippen LogP contribution in [0.5, 0.6) is 11.5 Å². The quantitative estimate of drug-likeness (QED) is 0.343. The second-order valence-corrected chi connectivity index (χ2v) is 10.2. The number of nitrogens with zero attached hydrogens (tertiary/aromatic N) is 2. The van der Waals surface area contributed by atoms with Crippen molar-refractivity contribution in [1.82, 2.24) is 9.88 Å². The molecule has 0 fully saturated rings. The number of anilines is 1. The summed E-state index contributed by atoms with van der Waals surface area (Å²) in [6.45, 7) is 3.08. The number of fused-ring (bicyclic) bond motifs is 2. The molecule has 1 aliphatic rings. The van der Waals surface area contributed by atoms with Crippen LogP contribution in [0.25, 0.3) is 20.8 Å². The molecule has 0 atom stereocenters. The highest BCUT2D eigenvalue weighted by Crippen LogP contribution is 2.46. The fourth-order valence-electron chi connectivity index (χ4n) is 4.31. The Balaban J connectivity index is 1.58. The molecule has 36 heavy (non-hydrogen) atoms. The monoisotopic (exact) mass is 523 g/mol. The maximum atomic E-state index is 13.5. The second kappa shape index (κ2) is 10.2. The smallest absolute Gasteiger partial charge is 0.410 e. The van der Waals surface area contributed by atoms with Gasteiger partial charge in [0.25, 0.3) is 5.91 Å². The number of thiazole rings is 1. The number of ether oxygens (including phenoxy) is 3. The molecule has 0 unspecified atom stereocenters. The first-order valence-corrected chi connectivity index (χ1v) is 13.1. The number of rotatable bonds is 6. The average Bonchev–Trinajstić information content (AvgIpc) is 3.48. The average molecular weight is 524 g/mol. The molecule has 5 rings (SSSR count). The van der Waals surface area contributed by atoms with Crippen LogP contribution in [0.3, 0.4) is 0 Å². The van der Waals surface area contributed by atoms with E-state index in [1.807, 2.05) is 24.3 Å². The van der Waals surface area contributed by atoms with Crippen LogP contribution in [-0.2, 0) is 17.7 Å². The van der Waals surface area contributed by atoms with Gasteiger partial charge in [-0.3, -0.25) is 4.79 Å². The summed E-state index contributed by atoms with van der Waals surface area (Å²) < 4.78 is 17.2. The van der Waals surface area contributed by atoms with Gasteiger partial charge in [-0.05, 0) is 43.2 Å². The van der Waals surface area contributed by atoms with E-state index >= 15 is 0 Å². The normalized spacial score (nSPS) is 12.8. The van der Waals surface area contributed by atoms with Crippen molar-refractivity contribution in [2.24, 2.45) is 0 Å². The standard InChI is InChI=1S/C26H25N3O5S2/c1-4-34-26(31)29-13-12-15-20(14-29)36-25(21(15)24-27-16-8-5-6-11-19(16)35-24)28-23(30)22-17(32-2)9-7-10-18(22)33-3/h5-11H,4,12-14H2,1-3H3,(H,28,30). The Morgan fingerprint density at radius 3 is 2.50 bits per heavy atom. The number of benzene rings is 2. The van der Waals surface area contributed by atoms with Gasteiger partial charge in [-0.15, -0.1) is 22.7 Å². The zero-order valence-corrected chi connectivity index (χ0v) is 21.8. The largest absolute Gasteiger partial charge is 0.496 e. The third-order valence-corrected chi connectivity index (χ3v) is 8.16. The van der Waals surface area contributed by atoms with Crippen LogP contribution in [-0.4, -0.2) is 49.3 Å². The van der Waals surface area contributed by atoms with E-state index in [0.29, 0.717) is 48.2 Å². The number of amides is 2. The van der Waals surface area contributed by atoms with E-state index in [9.17, 15) is 9.59 Å². The van der Waals surface area contributed by atoms with E-state index in [4.69, 9.17) is 19.2 Å². The Labute approximate surface area is 216 Å². The summed E-state index contributed by atoms with van der Waals surface area (Å²) in [5.41, 5.74) is 3.23. The fourth-order valence-corrected chi connectivity index (χ4v) is 6.68. The van der Waals surface area contributed by atoms with Gasteiger partial charge in [0.15, 0.2) is 0 Å². The predicted octanol–water partition coefficient (Wildman–Crippen LogP) is 5.81. The van der Waals surface area contributed by atoms with Crippen molar-refractivity contribution < 1.29 is 23.8 Å². The predicted molar refractivity (Wildman–Crippen MR) is 142 cm³/mol. The second-order valence-electron chi connectivity index (χ2n) is 8.06. The van der Waals surface area contributed by atoms with Crippen molar-refractivity contribution in [3.8, 4) is 22.1 Å². The van der Waals surface area contributed by atoms with Crippen LogP contribution in [0, 0.1) is 0 Å². The SMILES string of the molecule is CCOC(=O)N1CCc2c(sc(NC(=O)c3c(OC)cccc3OC)c2-c2nc3ccccc3s2)C1. The molecule has 1 N–H and O–H groups in total. The van der Waals surface area contributed by atoms with Gasteiger partial charge >= 0.3 is 6.09 Å². The van der Waals surface area contributed by atoms with Crippen LogP contribution in [0.15, 0.2) is 42.5 Å². The van der Waals surface area contributed by atoms with Gasteiger partial charge in [-0.2, -0.15) is 0 Å². The molecule has 0 saturated heterocycles. The molecule has 4 aromatic rings. The first-order chi connectivity index (χ1) is 17.5. The Morgan fingerprint density at radius 2 is 1.81 bits per heavy atom. The maximum absolute atomic E-state index is 13.5. The number of hydrogen-bond donors (Lipinski definition) is 1. The zero-order chi connectivity index (χ0) is 25.2. The molecule has 2 aromatic carbocycles. The van der Waals surface area contributed by atoms with E-state index in [-0.39, 0.29) is 12.0 Å². The number of thiophene rings is 1. The molecule has 0 saturated carbocycles. The van der Waals surface area contributed by atoms with Crippen molar-refractivity contribution in [1.29, 1.82) is 0 Å². The lowest BCUT2D eigenvalue weighted by Crippen LogP contribution is -2.35. The van der Waals surface area contributed by atoms with Gasteiger partial charge in [0.1, 0.15) is 27.1 Å². The van der Waals surface area contributed by atoms with E-state index in [2.05, 4.69) is 5.32 Å². The Morgan fingerprint density at radius 1 is 1.06 bits per heavy atom. The minimum Gasteiger partial charge on any atom is -0.496 e. The van der Waals surface area contributed by atoms with Crippen LogP contribution >= 0.6 is 22.7 Å². The van der Waals surface area contributed by atoms with Crippen molar-refractivity contribution in [2.45, 2.75) is 19.9 Å². The summed E-state index contributed by atoms with van der Waals surface area (Å²) in [6.07, 6.45) is 0.312. The Bertz CT molecular complexity index is 1390. The molecule has 3 heterocycles. The van der Waals surface area contributed by atoms with E-state index in [1.54, 1.807) is 41.4 Å². The number of methoxy groups -OCH3 is 2. The first-order valence-electron chi connectivity index (χ1n) is 11.5. The summed E-state index contributed by atoms with van der Waals surface area (Å²) in [5, 5.41) is 4.61. The highest BCUT2D eigenvalue weighted by molar-refractivity contribution is 7.23. The summed E-state index contributed by atoms with van der Waals surface area (Å²) >= 11 is 3.04. The third-order valence-electron chi connectivity index (χ3n) is 5.97. The van der Waals surface area contributed by atoms with E-state index < -0.39 is 0 Å². The van der Waals surface area contributed by atoms with Crippen molar-refractivity contribution in [2.75, 3.05) is 32.7 Å². The maximum Gasteiger partial charge on any atom is 0.410 e. The minimum absolute atomic E-state index is 0.317. The summed E-state index contributed by atoms with van der Waals surface area (Å²) in [6, 6.07) is 13.2. The van der Waals surface area contributed by atoms with Crippen LogP contribution in [0.2, 0.25) is 0 Å². The number of carbonyl (C=O) groups excluding carboxylic acids is 2. The lowest BCUT2D eigenvalue weighted by molar-refractivity contribution is 0.101. The number of hydrogen-bond acceptors (Lipinski definition) is 8. The van der Waals surface area contributed by atoms with Gasteiger partial charge in [-0.25, -0.2) is 9.78 Å². The van der Waals surface area contributed by atoms with Gasteiger partial charge in [-0.1, -0.05) is 18.2 Å². The van der Waals surface area contributed by atoms with Crippen molar-refractivity contribution in [3.63, 3.8) is 0 Å². The molecular formula is C26H25N3O5S2. The fraction of sp³-hybridized carbons (Fsp3) is 0.269. The molecule has 0 bridgehead atoms. The topological polar surface area (TPSA) is 90.0 Å². The summed E-state index contributed by atoms with van der Waals surface area (Å²) in [4.78, 5) is 33.5. The van der Waals surface area contributed by atoms with E-state index in [0.717, 1.165) is 31.2 Å². The third kappa shape index (κ3) is 4.38. The van der Waals surface area contributed by atoms with Gasteiger partial charge < -0.3 is 24.4 Å². The molecule has 2 aromatic heterocycles. The zero-order valence-electron chi connectivity index (χ0n) is 20.1. The van der Waals surface area contributed by atoms with Gasteiger partial charge in [0.2, 0.25) is 0 Å². The minimum atomic E-state index is -0.340. The lowest BCUT2D eigenvalue weighted by Gasteiger charge is -2.26. The highest BCUT2D eigenvalue weighted by Gasteiger charge is 2.31. The lowest BCUT2D eigenvalue weighted by atomic mass is 10.0. The van der Waals surface area contributed by atoms with Crippen molar-refractivity contribution >= 4 is 49.9 Å². The van der Waals surface area contributed by atoms with E-state index in [1.165, 1.54) is 25.6 Å². The summed E-state index contributed by atoms with van der Waals surface area (Å²) in [5.74, 6) is 0.499. The van der Waals surface area contributed by atoms with Crippen LogP contribution < -0.4 is 14.8 Å². The number of para-hydroxylation sites is 1. The molecule has 0 spiro atoms. The van der Waals surface area contributed by atoms with Crippen LogP contribution in [0.4, 0.5) is 9.80 Å². The molecule has 8 nitrogen and oxygen atoms in total. The number of carbonyl (C=O) groups is 2. The Hall–Kier alpha value is -3.63. The highest BCUT2D eigenvalue weighted by atomic mass is 32.1. The molecule has 0 radical (unpaired) electrons. The first kappa shape index (κ1) is 24.1. The Kier molecular flexibility index (Phi) is 6.80. The molecule has 2 amide bonds. The van der Waals surface area contributed by atoms with Gasteiger partial charge in [0.05, 0.1) is 37.6 Å². The molecule has 0 aliphatic carbocycles. The molecular weight excluding hydrogens is 498 g/mol. The van der Waals surface area contributed by atoms with Crippen LogP contribution in [0.1, 0.15) is 27.7 Å². The number of nitrogens with one attached hydrogen (secondary N) is 1.